The van der Waals surface area contributed by atoms with Gasteiger partial charge in [0.05, 0.1) is 23.6 Å². The Morgan fingerprint density at radius 1 is 1.13 bits per heavy atom. The first kappa shape index (κ1) is 20.2. The molecule has 6 nitrogen and oxygen atoms in total. The van der Waals surface area contributed by atoms with Gasteiger partial charge in [-0.25, -0.2) is 0 Å². The third-order valence-electron chi connectivity index (χ3n) is 6.04. The summed E-state index contributed by atoms with van der Waals surface area (Å²) in [7, 11) is 1.65. The molecule has 156 valence electrons. The van der Waals surface area contributed by atoms with Crippen LogP contribution in [0.4, 0.5) is 5.69 Å². The Hall–Kier alpha value is -3.04. The Morgan fingerprint density at radius 3 is 2.57 bits per heavy atom. The summed E-state index contributed by atoms with van der Waals surface area (Å²) >= 11 is 0. The van der Waals surface area contributed by atoms with Gasteiger partial charge in [-0.05, 0) is 62.3 Å². The molecule has 6 heteroatoms. The molecule has 0 radical (unpaired) electrons. The van der Waals surface area contributed by atoms with Crippen molar-refractivity contribution in [3.8, 4) is 23.3 Å². The molecule has 0 spiro atoms. The third-order valence-corrected chi connectivity index (χ3v) is 6.04. The first-order valence-electron chi connectivity index (χ1n) is 10.4. The second kappa shape index (κ2) is 8.37. The molecule has 0 aromatic heterocycles. The van der Waals surface area contributed by atoms with Crippen LogP contribution in [0.2, 0.25) is 0 Å². The Kier molecular flexibility index (Phi) is 5.65. The van der Waals surface area contributed by atoms with Crippen LogP contribution in [0.1, 0.15) is 49.7 Å². The van der Waals surface area contributed by atoms with Gasteiger partial charge in [0.2, 0.25) is 0 Å². The summed E-state index contributed by atoms with van der Waals surface area (Å²) in [6.45, 7) is 0. The number of methoxy groups -OCH3 is 1. The molecule has 2 aliphatic rings. The SMILES string of the molecule is COc1ccc(C2(C#Cc3cccc([N+](=O)[O-])c3)CC(N)C2)cc1OC1CCCC1. The van der Waals surface area contributed by atoms with Crippen molar-refractivity contribution in [2.45, 2.75) is 56.1 Å². The summed E-state index contributed by atoms with van der Waals surface area (Å²) in [4.78, 5) is 10.6. The number of nitrogens with two attached hydrogens (primary N) is 1. The van der Waals surface area contributed by atoms with Crippen LogP contribution < -0.4 is 15.2 Å². The van der Waals surface area contributed by atoms with Crippen LogP contribution in [0.25, 0.3) is 0 Å². The second-order valence-corrected chi connectivity index (χ2v) is 8.20. The molecule has 30 heavy (non-hydrogen) atoms. The normalized spacial score (nSPS) is 23.2. The minimum atomic E-state index is -0.406. The number of nitro groups is 1. The maximum atomic E-state index is 11.0. The highest BCUT2D eigenvalue weighted by molar-refractivity contribution is 5.52. The van der Waals surface area contributed by atoms with E-state index in [-0.39, 0.29) is 23.2 Å². The molecule has 0 aliphatic heterocycles. The van der Waals surface area contributed by atoms with Gasteiger partial charge in [0.15, 0.2) is 11.5 Å². The molecule has 0 heterocycles. The zero-order valence-corrected chi connectivity index (χ0v) is 17.1. The van der Waals surface area contributed by atoms with Crippen molar-refractivity contribution < 1.29 is 14.4 Å². The van der Waals surface area contributed by atoms with E-state index >= 15 is 0 Å². The van der Waals surface area contributed by atoms with Gasteiger partial charge in [0, 0.05) is 23.7 Å². The van der Waals surface area contributed by atoms with Gasteiger partial charge in [-0.1, -0.05) is 24.0 Å². The molecule has 2 N–H and O–H groups in total. The molecule has 4 rings (SSSR count). The zero-order chi connectivity index (χ0) is 21.1. The number of rotatable bonds is 5. The molecule has 2 fully saturated rings. The number of nitrogens with zero attached hydrogens (tertiary/aromatic N) is 1. The molecule has 0 atom stereocenters. The predicted molar refractivity (Wildman–Crippen MR) is 115 cm³/mol. The number of nitro benzene ring substituents is 1. The third kappa shape index (κ3) is 4.12. The lowest BCUT2D eigenvalue weighted by Crippen LogP contribution is -2.48. The molecule has 2 aromatic carbocycles. The standard InChI is InChI=1S/C24H26N2O4/c1-29-22-10-9-18(14-23(22)30-21-7-2-3-8-21)24(15-19(25)16-24)12-11-17-5-4-6-20(13-17)26(27)28/h4-6,9-10,13-14,19,21H,2-3,7-8,15-16,25H2,1H3. The molecule has 0 saturated heterocycles. The van der Waals surface area contributed by atoms with E-state index < -0.39 is 4.92 Å². The van der Waals surface area contributed by atoms with Crippen molar-refractivity contribution in [3.05, 3.63) is 63.7 Å². The van der Waals surface area contributed by atoms with Crippen molar-refractivity contribution in [1.29, 1.82) is 0 Å². The molecule has 2 saturated carbocycles. The summed E-state index contributed by atoms with van der Waals surface area (Å²) in [6.07, 6.45) is 6.23. The quantitative estimate of drug-likeness (QED) is 0.453. The van der Waals surface area contributed by atoms with E-state index in [0.717, 1.165) is 42.7 Å². The van der Waals surface area contributed by atoms with Crippen molar-refractivity contribution in [1.82, 2.24) is 0 Å². The fourth-order valence-corrected chi connectivity index (χ4v) is 4.39. The molecular weight excluding hydrogens is 380 g/mol. The zero-order valence-electron chi connectivity index (χ0n) is 17.1. The van der Waals surface area contributed by atoms with Gasteiger partial charge >= 0.3 is 0 Å². The average Bonchev–Trinajstić information content (AvgIpc) is 3.23. The lowest BCUT2D eigenvalue weighted by Gasteiger charge is -2.43. The number of benzene rings is 2. The molecule has 0 amide bonds. The number of ether oxygens (including phenoxy) is 2. The van der Waals surface area contributed by atoms with E-state index in [4.69, 9.17) is 15.2 Å². The monoisotopic (exact) mass is 406 g/mol. The maximum Gasteiger partial charge on any atom is 0.270 e. The summed E-state index contributed by atoms with van der Waals surface area (Å²) in [6, 6.07) is 12.5. The summed E-state index contributed by atoms with van der Waals surface area (Å²) < 4.78 is 11.8. The lowest BCUT2D eigenvalue weighted by atomic mass is 9.62. The molecule has 2 aliphatic carbocycles. The molecule has 0 bridgehead atoms. The fraction of sp³-hybridized carbons (Fsp3) is 0.417. The van der Waals surface area contributed by atoms with E-state index in [1.165, 1.54) is 25.0 Å². The largest absolute Gasteiger partial charge is 0.493 e. The Morgan fingerprint density at radius 2 is 1.90 bits per heavy atom. The smallest absolute Gasteiger partial charge is 0.270 e. The highest BCUT2D eigenvalue weighted by Crippen LogP contribution is 2.45. The van der Waals surface area contributed by atoms with Gasteiger partial charge in [0.25, 0.3) is 5.69 Å². The minimum absolute atomic E-state index is 0.0397. The van der Waals surface area contributed by atoms with Crippen LogP contribution in [-0.4, -0.2) is 24.2 Å². The predicted octanol–water partition coefficient (Wildman–Crippen LogP) is 4.34. The van der Waals surface area contributed by atoms with E-state index in [0.29, 0.717) is 5.56 Å². The Balaban J connectivity index is 1.66. The lowest BCUT2D eigenvalue weighted by molar-refractivity contribution is -0.384. The number of non-ortho nitro benzene ring substituents is 1. The number of hydrogen-bond acceptors (Lipinski definition) is 5. The van der Waals surface area contributed by atoms with Crippen LogP contribution in [0.3, 0.4) is 0 Å². The first-order chi connectivity index (χ1) is 14.5. The molecular formula is C24H26N2O4. The topological polar surface area (TPSA) is 87.6 Å². The van der Waals surface area contributed by atoms with Crippen LogP contribution in [0.15, 0.2) is 42.5 Å². The van der Waals surface area contributed by atoms with Crippen LogP contribution in [-0.2, 0) is 5.41 Å². The van der Waals surface area contributed by atoms with Crippen LogP contribution >= 0.6 is 0 Å². The van der Waals surface area contributed by atoms with Crippen LogP contribution in [0.5, 0.6) is 11.5 Å². The summed E-state index contributed by atoms with van der Waals surface area (Å²) in [5.74, 6) is 7.98. The molecule has 0 unspecified atom stereocenters. The second-order valence-electron chi connectivity index (χ2n) is 8.20. The van der Waals surface area contributed by atoms with E-state index in [9.17, 15) is 10.1 Å². The van der Waals surface area contributed by atoms with Gasteiger partial charge < -0.3 is 15.2 Å². The van der Waals surface area contributed by atoms with Gasteiger partial charge in [0.1, 0.15) is 0 Å². The van der Waals surface area contributed by atoms with Crippen LogP contribution in [0, 0.1) is 22.0 Å². The average molecular weight is 406 g/mol. The summed E-state index contributed by atoms with van der Waals surface area (Å²) in [5, 5.41) is 11.0. The van der Waals surface area contributed by atoms with E-state index in [1.807, 2.05) is 18.2 Å². The summed E-state index contributed by atoms with van der Waals surface area (Å²) in [5.41, 5.74) is 7.47. The van der Waals surface area contributed by atoms with Crippen molar-refractivity contribution >= 4 is 5.69 Å². The minimum Gasteiger partial charge on any atom is -0.493 e. The first-order valence-corrected chi connectivity index (χ1v) is 10.4. The van der Waals surface area contributed by atoms with Crippen molar-refractivity contribution in [2.75, 3.05) is 7.11 Å². The Labute approximate surface area is 176 Å². The van der Waals surface area contributed by atoms with E-state index in [1.54, 1.807) is 19.2 Å². The van der Waals surface area contributed by atoms with Gasteiger partial charge in [-0.3, -0.25) is 10.1 Å². The Bertz CT molecular complexity index is 996. The van der Waals surface area contributed by atoms with E-state index in [2.05, 4.69) is 11.8 Å². The number of hydrogen-bond donors (Lipinski definition) is 1. The highest BCUT2D eigenvalue weighted by Gasteiger charge is 2.43. The van der Waals surface area contributed by atoms with Crippen molar-refractivity contribution in [2.24, 2.45) is 5.73 Å². The fourth-order valence-electron chi connectivity index (χ4n) is 4.39. The maximum absolute atomic E-state index is 11.0. The van der Waals surface area contributed by atoms with Crippen molar-refractivity contribution in [3.63, 3.8) is 0 Å². The highest BCUT2D eigenvalue weighted by atomic mass is 16.6. The van der Waals surface area contributed by atoms with Gasteiger partial charge in [-0.2, -0.15) is 0 Å². The van der Waals surface area contributed by atoms with Gasteiger partial charge in [-0.15, -0.1) is 0 Å². The molecule has 2 aromatic rings.